The first-order valence-electron chi connectivity index (χ1n) is 9.77. The van der Waals surface area contributed by atoms with Gasteiger partial charge in [0, 0.05) is 5.56 Å². The molecule has 0 aliphatic heterocycles. The second kappa shape index (κ2) is 6.45. The Morgan fingerprint density at radius 3 is 2.81 bits per heavy atom. The van der Waals surface area contributed by atoms with E-state index >= 15 is 0 Å². The molecule has 0 amide bonds. The molecule has 5 atom stereocenters. The summed E-state index contributed by atoms with van der Waals surface area (Å²) in [5.74, 6) is 2.07. The maximum Gasteiger partial charge on any atom is 0.161 e. The van der Waals surface area contributed by atoms with Crippen LogP contribution in [0.1, 0.15) is 63.0 Å². The maximum atomic E-state index is 10.6. The molecule has 1 aromatic rings. The normalized spacial score (nSPS) is 37.0. The number of phenolic OH excluding ortho intramolecular Hbond substituents is 1. The van der Waals surface area contributed by atoms with Gasteiger partial charge >= 0.3 is 0 Å². The zero-order valence-electron chi connectivity index (χ0n) is 15.9. The highest BCUT2D eigenvalue weighted by Crippen LogP contribution is 2.61. The topological polar surface area (TPSA) is 71.3 Å². The molecule has 2 N–H and O–H groups in total. The number of phenols is 1. The van der Waals surface area contributed by atoms with E-state index in [0.717, 1.165) is 43.4 Å². The molecule has 26 heavy (non-hydrogen) atoms. The van der Waals surface area contributed by atoms with Gasteiger partial charge in [-0.15, -0.1) is 0 Å². The third kappa shape index (κ3) is 2.51. The predicted octanol–water partition coefficient (Wildman–Crippen LogP) is 3.82. The molecule has 0 aromatic heterocycles. The van der Waals surface area contributed by atoms with E-state index in [1.807, 2.05) is 13.0 Å². The van der Waals surface area contributed by atoms with Crippen LogP contribution in [0, 0.1) is 17.3 Å². The van der Waals surface area contributed by atoms with Gasteiger partial charge in [-0.2, -0.15) is 0 Å². The van der Waals surface area contributed by atoms with E-state index in [4.69, 9.17) is 9.57 Å². The van der Waals surface area contributed by atoms with Crippen molar-refractivity contribution in [2.45, 2.75) is 58.0 Å². The summed E-state index contributed by atoms with van der Waals surface area (Å²) in [6.07, 6.45) is 4.71. The zero-order chi connectivity index (χ0) is 18.5. The summed E-state index contributed by atoms with van der Waals surface area (Å²) in [5.41, 5.74) is 3.10. The molecule has 0 spiro atoms. The maximum absolute atomic E-state index is 10.6. The second-order valence-corrected chi connectivity index (χ2v) is 8.28. The van der Waals surface area contributed by atoms with Crippen molar-refractivity contribution in [3.63, 3.8) is 0 Å². The molecule has 0 bridgehead atoms. The molecule has 4 rings (SSSR count). The van der Waals surface area contributed by atoms with Crippen LogP contribution in [0.2, 0.25) is 0 Å². The van der Waals surface area contributed by atoms with E-state index in [9.17, 15) is 10.2 Å². The fourth-order valence-electron chi connectivity index (χ4n) is 5.87. The Bertz CT molecular complexity index is 731. The van der Waals surface area contributed by atoms with Crippen molar-refractivity contribution in [2.75, 3.05) is 13.7 Å². The molecule has 3 aliphatic rings. The number of aromatic hydroxyl groups is 1. The lowest BCUT2D eigenvalue weighted by Gasteiger charge is -2.50. The van der Waals surface area contributed by atoms with Crippen LogP contribution in [0.25, 0.3) is 0 Å². The Morgan fingerprint density at radius 1 is 1.27 bits per heavy atom. The Morgan fingerprint density at radius 2 is 2.08 bits per heavy atom. The summed E-state index contributed by atoms with van der Waals surface area (Å²) in [6.45, 7) is 4.70. The van der Waals surface area contributed by atoms with E-state index in [0.29, 0.717) is 30.1 Å². The number of nitrogens with zero attached hydrogens (tertiary/aromatic N) is 1. The van der Waals surface area contributed by atoms with Crippen molar-refractivity contribution in [1.29, 1.82) is 0 Å². The molecule has 5 nitrogen and oxygen atoms in total. The minimum Gasteiger partial charge on any atom is -0.504 e. The molecule has 0 heterocycles. The van der Waals surface area contributed by atoms with Crippen molar-refractivity contribution >= 4 is 5.71 Å². The molecule has 2 fully saturated rings. The van der Waals surface area contributed by atoms with E-state index in [1.165, 1.54) is 5.56 Å². The number of aliphatic hydroxyl groups is 1. The monoisotopic (exact) mass is 359 g/mol. The van der Waals surface area contributed by atoms with Gasteiger partial charge in [0.25, 0.3) is 0 Å². The Hall–Kier alpha value is -1.75. The highest BCUT2D eigenvalue weighted by atomic mass is 16.6. The highest BCUT2D eigenvalue weighted by Gasteiger charge is 2.55. The molecule has 0 radical (unpaired) electrons. The largest absolute Gasteiger partial charge is 0.504 e. The smallest absolute Gasteiger partial charge is 0.161 e. The van der Waals surface area contributed by atoms with Gasteiger partial charge in [-0.3, -0.25) is 0 Å². The average Bonchev–Trinajstić information content (AvgIpc) is 2.92. The van der Waals surface area contributed by atoms with Gasteiger partial charge in [-0.05, 0) is 79.9 Å². The Kier molecular flexibility index (Phi) is 4.38. The Labute approximate surface area is 155 Å². The van der Waals surface area contributed by atoms with Crippen LogP contribution < -0.4 is 4.74 Å². The summed E-state index contributed by atoms with van der Waals surface area (Å²) in [7, 11) is 1.57. The lowest BCUT2D eigenvalue weighted by atomic mass is 9.55. The van der Waals surface area contributed by atoms with Gasteiger partial charge in [0.1, 0.15) is 7.11 Å². The van der Waals surface area contributed by atoms with Crippen molar-refractivity contribution in [3.8, 4) is 11.5 Å². The van der Waals surface area contributed by atoms with Gasteiger partial charge < -0.3 is 19.8 Å². The molecule has 0 saturated heterocycles. The molecule has 1 aromatic carbocycles. The van der Waals surface area contributed by atoms with Crippen LogP contribution in [-0.2, 0) is 4.84 Å². The van der Waals surface area contributed by atoms with Gasteiger partial charge in [0.05, 0.1) is 18.4 Å². The molecule has 142 valence electrons. The molecule has 0 unspecified atom stereocenters. The average molecular weight is 359 g/mol. The van der Waals surface area contributed by atoms with E-state index in [1.54, 1.807) is 13.2 Å². The first-order chi connectivity index (χ1) is 12.5. The number of hydrogen-bond donors (Lipinski definition) is 2. The number of oxime groups is 1. The summed E-state index contributed by atoms with van der Waals surface area (Å²) in [6, 6.07) is 3.79. The summed E-state index contributed by atoms with van der Waals surface area (Å²) in [4.78, 5) is 5.12. The van der Waals surface area contributed by atoms with Crippen LogP contribution in [0.15, 0.2) is 17.3 Å². The van der Waals surface area contributed by atoms with Crippen LogP contribution in [0.4, 0.5) is 0 Å². The SMILES string of the molecule is CCOc1cc2c(cc1O)/C(=N\OC)C[C@@H]1[C@@H]2CC[C@]2(C)[C@@H](O)CC[C@@H]12. The van der Waals surface area contributed by atoms with E-state index < -0.39 is 0 Å². The quantitative estimate of drug-likeness (QED) is 0.805. The number of hydrogen-bond acceptors (Lipinski definition) is 5. The van der Waals surface area contributed by atoms with Gasteiger partial charge in [0.2, 0.25) is 0 Å². The van der Waals surface area contributed by atoms with Crippen LogP contribution in [0.5, 0.6) is 11.5 Å². The summed E-state index contributed by atoms with van der Waals surface area (Å²) < 4.78 is 5.64. The lowest BCUT2D eigenvalue weighted by Crippen LogP contribution is -2.45. The highest BCUT2D eigenvalue weighted by molar-refractivity contribution is 6.03. The van der Waals surface area contributed by atoms with E-state index in [2.05, 4.69) is 12.1 Å². The second-order valence-electron chi connectivity index (χ2n) is 8.28. The zero-order valence-corrected chi connectivity index (χ0v) is 15.9. The molecule has 5 heteroatoms. The number of fused-ring (bicyclic) bond motifs is 5. The summed E-state index contributed by atoms with van der Waals surface area (Å²) >= 11 is 0. The lowest BCUT2D eigenvalue weighted by molar-refractivity contribution is -0.0179. The standard InChI is InChI=1S/C21H29NO4/c1-4-26-19-11-13-12-7-8-21(2)16(5-6-20(21)24)14(12)9-17(22-25-3)15(13)10-18(19)23/h10-12,14,16,20,23-24H,4-9H2,1-3H3/b22-17-/t12-,14-,16+,20+,21+/m1/s1. The van der Waals surface area contributed by atoms with Gasteiger partial charge in [-0.25, -0.2) is 0 Å². The number of ether oxygens (including phenoxy) is 1. The molecular formula is C21H29NO4. The first-order valence-corrected chi connectivity index (χ1v) is 9.77. The van der Waals surface area contributed by atoms with Crippen molar-refractivity contribution < 1.29 is 19.8 Å². The van der Waals surface area contributed by atoms with Gasteiger partial charge in [-0.1, -0.05) is 12.1 Å². The summed E-state index contributed by atoms with van der Waals surface area (Å²) in [5, 5.41) is 25.2. The first kappa shape index (κ1) is 17.7. The minimum absolute atomic E-state index is 0.0104. The van der Waals surface area contributed by atoms with Crippen molar-refractivity contribution in [1.82, 2.24) is 0 Å². The molecule has 2 saturated carbocycles. The van der Waals surface area contributed by atoms with Crippen molar-refractivity contribution in [2.24, 2.45) is 22.4 Å². The van der Waals surface area contributed by atoms with Gasteiger partial charge in [0.15, 0.2) is 11.5 Å². The third-order valence-corrected chi connectivity index (χ3v) is 7.16. The molecule has 3 aliphatic carbocycles. The van der Waals surface area contributed by atoms with E-state index in [-0.39, 0.29) is 17.3 Å². The van der Waals surface area contributed by atoms with Crippen LogP contribution >= 0.6 is 0 Å². The molecular weight excluding hydrogens is 330 g/mol. The number of benzene rings is 1. The van der Waals surface area contributed by atoms with Crippen LogP contribution in [0.3, 0.4) is 0 Å². The predicted molar refractivity (Wildman–Crippen MR) is 99.7 cm³/mol. The third-order valence-electron chi connectivity index (χ3n) is 7.16. The Balaban J connectivity index is 1.80. The minimum atomic E-state index is -0.198. The number of rotatable bonds is 3. The fraction of sp³-hybridized carbons (Fsp3) is 0.667. The van der Waals surface area contributed by atoms with Crippen LogP contribution in [-0.4, -0.2) is 35.7 Å². The fourth-order valence-corrected chi connectivity index (χ4v) is 5.87. The van der Waals surface area contributed by atoms with Crippen molar-refractivity contribution in [3.05, 3.63) is 23.3 Å². The number of aliphatic hydroxyl groups excluding tert-OH is 1.